The highest BCUT2D eigenvalue weighted by atomic mass is 16.5. The number of ether oxygens (including phenoxy) is 4. The maximum Gasteiger partial charge on any atom is 0.338 e. The molecule has 0 spiro atoms. The molecule has 1 saturated heterocycles. The van der Waals surface area contributed by atoms with Gasteiger partial charge in [0.2, 0.25) is 0 Å². The molecular weight excluding hydrogens is 326 g/mol. The third kappa shape index (κ3) is 5.09. The summed E-state index contributed by atoms with van der Waals surface area (Å²) in [6.45, 7) is 6.87. The molecule has 1 aliphatic heterocycles. The van der Waals surface area contributed by atoms with Gasteiger partial charge in [-0.15, -0.1) is 0 Å². The lowest BCUT2D eigenvalue weighted by Gasteiger charge is -2.35. The van der Waals surface area contributed by atoms with Crippen molar-refractivity contribution < 1.29 is 28.5 Å². The van der Waals surface area contributed by atoms with Gasteiger partial charge in [-0.3, -0.25) is 4.79 Å². The van der Waals surface area contributed by atoms with Gasteiger partial charge in [0, 0.05) is 13.1 Å². The Morgan fingerprint density at radius 1 is 1.20 bits per heavy atom. The Labute approximate surface area is 147 Å². The molecule has 0 bridgehead atoms. The molecule has 0 N–H and O–H groups in total. The minimum atomic E-state index is -0.580. The maximum absolute atomic E-state index is 12.2. The van der Waals surface area contributed by atoms with Gasteiger partial charge in [0.25, 0.3) is 5.91 Å². The van der Waals surface area contributed by atoms with E-state index in [1.165, 1.54) is 13.2 Å². The van der Waals surface area contributed by atoms with Crippen LogP contribution in [0, 0.1) is 0 Å². The SMILES string of the molecule is CCOc1ccc(C(=O)OCC(=O)N2C[C@@H](C)O[C@H](C)C2)cc1OC. The van der Waals surface area contributed by atoms with Crippen LogP contribution in [0.2, 0.25) is 0 Å². The van der Waals surface area contributed by atoms with Gasteiger partial charge >= 0.3 is 5.97 Å². The highest BCUT2D eigenvalue weighted by molar-refractivity contribution is 5.92. The summed E-state index contributed by atoms with van der Waals surface area (Å²) >= 11 is 0. The number of methoxy groups -OCH3 is 1. The van der Waals surface area contributed by atoms with Gasteiger partial charge < -0.3 is 23.8 Å². The van der Waals surface area contributed by atoms with Gasteiger partial charge in [0.15, 0.2) is 18.1 Å². The number of hydrogen-bond donors (Lipinski definition) is 0. The first kappa shape index (κ1) is 19.1. The molecule has 25 heavy (non-hydrogen) atoms. The van der Waals surface area contributed by atoms with E-state index in [1.54, 1.807) is 17.0 Å². The normalized spacial score (nSPS) is 20.1. The van der Waals surface area contributed by atoms with E-state index in [9.17, 15) is 9.59 Å². The zero-order valence-corrected chi connectivity index (χ0v) is 15.1. The van der Waals surface area contributed by atoms with Crippen molar-refractivity contribution in [2.24, 2.45) is 0 Å². The molecule has 0 aliphatic carbocycles. The fourth-order valence-corrected chi connectivity index (χ4v) is 2.75. The van der Waals surface area contributed by atoms with Crippen molar-refractivity contribution in [3.63, 3.8) is 0 Å². The van der Waals surface area contributed by atoms with Crippen molar-refractivity contribution in [3.8, 4) is 11.5 Å². The molecule has 1 aromatic carbocycles. The standard InChI is InChI=1S/C18H25NO6/c1-5-23-15-7-6-14(8-16(15)22-4)18(21)24-11-17(20)19-9-12(2)25-13(3)10-19/h6-8,12-13H,5,9-11H2,1-4H3/t12-,13-/m1/s1. The lowest BCUT2D eigenvalue weighted by atomic mass is 10.2. The van der Waals surface area contributed by atoms with Gasteiger partial charge in [-0.2, -0.15) is 0 Å². The van der Waals surface area contributed by atoms with Crippen LogP contribution in [0.25, 0.3) is 0 Å². The highest BCUT2D eigenvalue weighted by Gasteiger charge is 2.26. The number of benzene rings is 1. The van der Waals surface area contributed by atoms with Gasteiger partial charge in [0.1, 0.15) is 0 Å². The van der Waals surface area contributed by atoms with Crippen molar-refractivity contribution in [2.75, 3.05) is 33.4 Å². The van der Waals surface area contributed by atoms with Crippen LogP contribution in [0.5, 0.6) is 11.5 Å². The van der Waals surface area contributed by atoms with E-state index in [2.05, 4.69) is 0 Å². The zero-order valence-electron chi connectivity index (χ0n) is 15.1. The first-order valence-corrected chi connectivity index (χ1v) is 8.35. The lowest BCUT2D eigenvalue weighted by molar-refractivity contribution is -0.146. The fourth-order valence-electron chi connectivity index (χ4n) is 2.75. The average molecular weight is 351 g/mol. The quantitative estimate of drug-likeness (QED) is 0.729. The Hall–Kier alpha value is -2.28. The van der Waals surface area contributed by atoms with Crippen LogP contribution < -0.4 is 9.47 Å². The number of rotatable bonds is 6. The molecule has 2 atom stereocenters. The largest absolute Gasteiger partial charge is 0.493 e. The number of amides is 1. The van der Waals surface area contributed by atoms with Crippen LogP contribution in [0.15, 0.2) is 18.2 Å². The Morgan fingerprint density at radius 3 is 2.48 bits per heavy atom. The third-order valence-corrected chi connectivity index (χ3v) is 3.80. The molecule has 0 aromatic heterocycles. The number of hydrogen-bond acceptors (Lipinski definition) is 6. The Balaban J connectivity index is 1.94. The summed E-state index contributed by atoms with van der Waals surface area (Å²) in [7, 11) is 1.50. The predicted octanol–water partition coefficient (Wildman–Crippen LogP) is 1.89. The number of nitrogens with zero attached hydrogens (tertiary/aromatic N) is 1. The van der Waals surface area contributed by atoms with Crippen molar-refractivity contribution >= 4 is 11.9 Å². The van der Waals surface area contributed by atoms with Crippen molar-refractivity contribution in [3.05, 3.63) is 23.8 Å². The van der Waals surface area contributed by atoms with E-state index < -0.39 is 5.97 Å². The van der Waals surface area contributed by atoms with Crippen molar-refractivity contribution in [1.29, 1.82) is 0 Å². The molecule has 1 aromatic rings. The average Bonchev–Trinajstić information content (AvgIpc) is 2.59. The van der Waals surface area contributed by atoms with Gasteiger partial charge in [-0.1, -0.05) is 0 Å². The summed E-state index contributed by atoms with van der Waals surface area (Å²) in [6, 6.07) is 4.77. The van der Waals surface area contributed by atoms with Crippen LogP contribution in [0.3, 0.4) is 0 Å². The first-order chi connectivity index (χ1) is 11.9. The third-order valence-electron chi connectivity index (χ3n) is 3.80. The van der Waals surface area contributed by atoms with Crippen molar-refractivity contribution in [1.82, 2.24) is 4.90 Å². The minimum absolute atomic E-state index is 0.0289. The smallest absolute Gasteiger partial charge is 0.338 e. The summed E-state index contributed by atoms with van der Waals surface area (Å²) in [5.41, 5.74) is 0.303. The molecule has 2 rings (SSSR count). The fraction of sp³-hybridized carbons (Fsp3) is 0.556. The van der Waals surface area contributed by atoms with E-state index in [0.29, 0.717) is 36.8 Å². The summed E-state index contributed by atoms with van der Waals surface area (Å²) < 4.78 is 21.4. The second-order valence-corrected chi connectivity index (χ2v) is 5.93. The zero-order chi connectivity index (χ0) is 18.4. The number of carbonyl (C=O) groups is 2. The second kappa shape index (κ2) is 8.71. The van der Waals surface area contributed by atoms with Crippen molar-refractivity contribution in [2.45, 2.75) is 33.0 Å². The lowest BCUT2D eigenvalue weighted by Crippen LogP contribution is -2.49. The summed E-state index contributed by atoms with van der Waals surface area (Å²) in [4.78, 5) is 26.1. The van der Waals surface area contributed by atoms with E-state index in [-0.39, 0.29) is 24.7 Å². The number of esters is 1. The van der Waals surface area contributed by atoms with Crippen LogP contribution in [0.4, 0.5) is 0 Å². The van der Waals surface area contributed by atoms with E-state index >= 15 is 0 Å². The van der Waals surface area contributed by atoms with Gasteiger partial charge in [-0.05, 0) is 39.0 Å². The Bertz CT molecular complexity index is 608. The van der Waals surface area contributed by atoms with Gasteiger partial charge in [0.05, 0.1) is 31.5 Å². The van der Waals surface area contributed by atoms with Crippen LogP contribution in [0.1, 0.15) is 31.1 Å². The Kier molecular flexibility index (Phi) is 6.64. The maximum atomic E-state index is 12.2. The van der Waals surface area contributed by atoms with Crippen LogP contribution >= 0.6 is 0 Å². The Morgan fingerprint density at radius 2 is 1.88 bits per heavy atom. The predicted molar refractivity (Wildman–Crippen MR) is 91.0 cm³/mol. The van der Waals surface area contributed by atoms with E-state index in [4.69, 9.17) is 18.9 Å². The summed E-state index contributed by atoms with van der Waals surface area (Å²) in [5.74, 6) is 0.185. The molecule has 0 saturated carbocycles. The molecule has 1 aliphatic rings. The van der Waals surface area contributed by atoms with E-state index in [1.807, 2.05) is 20.8 Å². The molecular formula is C18H25NO6. The number of morpholine rings is 1. The van der Waals surface area contributed by atoms with Crippen LogP contribution in [-0.4, -0.2) is 62.4 Å². The second-order valence-electron chi connectivity index (χ2n) is 5.93. The topological polar surface area (TPSA) is 74.3 Å². The minimum Gasteiger partial charge on any atom is -0.493 e. The number of carbonyl (C=O) groups excluding carboxylic acids is 2. The van der Waals surface area contributed by atoms with Crippen LogP contribution in [-0.2, 0) is 14.3 Å². The molecule has 0 radical (unpaired) electrons. The van der Waals surface area contributed by atoms with Gasteiger partial charge in [-0.25, -0.2) is 4.79 Å². The molecule has 1 fully saturated rings. The molecule has 7 nitrogen and oxygen atoms in total. The first-order valence-electron chi connectivity index (χ1n) is 8.35. The molecule has 7 heteroatoms. The highest BCUT2D eigenvalue weighted by Crippen LogP contribution is 2.28. The molecule has 1 heterocycles. The summed E-state index contributed by atoms with van der Waals surface area (Å²) in [6.07, 6.45) is -0.0578. The monoisotopic (exact) mass is 351 g/mol. The summed E-state index contributed by atoms with van der Waals surface area (Å²) in [5, 5.41) is 0. The molecule has 1 amide bonds. The molecule has 0 unspecified atom stereocenters. The van der Waals surface area contributed by atoms with E-state index in [0.717, 1.165) is 0 Å². The molecule has 138 valence electrons.